The Bertz CT molecular complexity index is 598. The van der Waals surface area contributed by atoms with Gasteiger partial charge in [0.05, 0.1) is 4.90 Å². The summed E-state index contributed by atoms with van der Waals surface area (Å²) in [5, 5.41) is 0. The van der Waals surface area contributed by atoms with Gasteiger partial charge in [-0.3, -0.25) is 4.79 Å². The van der Waals surface area contributed by atoms with E-state index in [4.69, 9.17) is 4.74 Å². The highest BCUT2D eigenvalue weighted by molar-refractivity contribution is 7.98. The number of hydrogen-bond donors (Lipinski definition) is 0. The summed E-state index contributed by atoms with van der Waals surface area (Å²) < 4.78 is 31.7. The highest BCUT2D eigenvalue weighted by atomic mass is 32.2. The number of hydrogen-bond acceptors (Lipinski definition) is 5. The van der Waals surface area contributed by atoms with Gasteiger partial charge in [-0.2, -0.15) is 16.1 Å². The third-order valence-electron chi connectivity index (χ3n) is 3.40. The van der Waals surface area contributed by atoms with E-state index in [0.717, 1.165) is 5.56 Å². The fourth-order valence-electron chi connectivity index (χ4n) is 2.23. The molecule has 0 amide bonds. The van der Waals surface area contributed by atoms with Gasteiger partial charge in [-0.05, 0) is 37.5 Å². The summed E-state index contributed by atoms with van der Waals surface area (Å²) in [6.45, 7) is 2.22. The number of carbonyl (C=O) groups excluding carboxylic acids is 1. The van der Waals surface area contributed by atoms with Crippen LogP contribution in [0.5, 0.6) is 0 Å². The van der Waals surface area contributed by atoms with E-state index in [0.29, 0.717) is 12.2 Å². The molecular weight excluding hydrogens is 310 g/mol. The molecule has 1 aliphatic rings. The van der Waals surface area contributed by atoms with Crippen molar-refractivity contribution in [2.24, 2.45) is 0 Å². The van der Waals surface area contributed by atoms with Crippen LogP contribution in [0.2, 0.25) is 0 Å². The van der Waals surface area contributed by atoms with Crippen LogP contribution in [0.4, 0.5) is 0 Å². The third kappa shape index (κ3) is 3.59. The Morgan fingerprint density at radius 2 is 2.00 bits per heavy atom. The van der Waals surface area contributed by atoms with Gasteiger partial charge in [0, 0.05) is 6.54 Å². The second kappa shape index (κ2) is 6.81. The maximum atomic E-state index is 12.7. The monoisotopic (exact) mass is 329 g/mol. The number of esters is 1. The summed E-state index contributed by atoms with van der Waals surface area (Å²) in [6, 6.07) is 5.95. The Labute approximate surface area is 129 Å². The molecule has 2 rings (SSSR count). The molecule has 1 fully saturated rings. The van der Waals surface area contributed by atoms with Crippen LogP contribution in [0, 0.1) is 6.92 Å². The number of ether oxygens (including phenoxy) is 1. The number of sulfonamides is 1. The van der Waals surface area contributed by atoms with E-state index < -0.39 is 22.0 Å². The van der Waals surface area contributed by atoms with Gasteiger partial charge in [0.2, 0.25) is 10.0 Å². The van der Waals surface area contributed by atoms with E-state index >= 15 is 0 Å². The van der Waals surface area contributed by atoms with Crippen LogP contribution in [0.3, 0.4) is 0 Å². The molecule has 0 radical (unpaired) electrons. The number of benzene rings is 1. The number of carbonyl (C=O) groups is 1. The van der Waals surface area contributed by atoms with Crippen molar-refractivity contribution in [2.75, 3.05) is 25.2 Å². The third-order valence-corrected chi connectivity index (χ3v) is 5.97. The number of nitrogens with zero attached hydrogens (tertiary/aromatic N) is 1. The number of morpholine rings is 1. The first-order valence-electron chi connectivity index (χ1n) is 6.71. The van der Waals surface area contributed by atoms with Gasteiger partial charge in [-0.25, -0.2) is 8.42 Å². The molecule has 1 heterocycles. The summed E-state index contributed by atoms with van der Waals surface area (Å²) in [5.74, 6) is 0.255. The highest BCUT2D eigenvalue weighted by Crippen LogP contribution is 2.24. The lowest BCUT2D eigenvalue weighted by Crippen LogP contribution is -2.51. The lowest BCUT2D eigenvalue weighted by atomic mass is 10.2. The smallest absolute Gasteiger partial charge is 0.324 e. The Hall–Kier alpha value is -1.05. The molecule has 0 unspecified atom stereocenters. The maximum Gasteiger partial charge on any atom is 0.324 e. The van der Waals surface area contributed by atoms with Gasteiger partial charge in [-0.1, -0.05) is 17.7 Å². The quantitative estimate of drug-likeness (QED) is 0.769. The molecule has 7 heteroatoms. The average molecular weight is 329 g/mol. The standard InChI is InChI=1S/C14H19NO4S2/c1-11-3-5-12(6-4-11)21(17,18)15-8-9-19-14(16)13(15)7-10-20-2/h3-6,13H,7-10H2,1-2H3/t13-/m0/s1. The largest absolute Gasteiger partial charge is 0.463 e. The zero-order chi connectivity index (χ0) is 15.5. The zero-order valence-electron chi connectivity index (χ0n) is 12.1. The van der Waals surface area contributed by atoms with Gasteiger partial charge < -0.3 is 4.74 Å². The minimum atomic E-state index is -3.67. The predicted octanol–water partition coefficient (Wildman–Crippen LogP) is 1.66. The van der Waals surface area contributed by atoms with Crippen LogP contribution >= 0.6 is 11.8 Å². The molecule has 0 spiro atoms. The molecule has 21 heavy (non-hydrogen) atoms. The molecular formula is C14H19NO4S2. The van der Waals surface area contributed by atoms with E-state index in [1.54, 1.807) is 36.0 Å². The molecule has 0 saturated carbocycles. The lowest BCUT2D eigenvalue weighted by Gasteiger charge is -2.33. The van der Waals surface area contributed by atoms with Crippen LogP contribution in [-0.4, -0.2) is 49.9 Å². The minimum absolute atomic E-state index is 0.111. The first-order valence-corrected chi connectivity index (χ1v) is 9.54. The number of cyclic esters (lactones) is 1. The summed E-state index contributed by atoms with van der Waals surface area (Å²) in [7, 11) is -3.67. The fourth-order valence-corrected chi connectivity index (χ4v) is 4.28. The molecule has 1 atom stereocenters. The van der Waals surface area contributed by atoms with Crippen LogP contribution in [-0.2, 0) is 19.6 Å². The van der Waals surface area contributed by atoms with Crippen LogP contribution < -0.4 is 0 Å². The summed E-state index contributed by atoms with van der Waals surface area (Å²) in [4.78, 5) is 12.1. The van der Waals surface area contributed by atoms with Crippen molar-refractivity contribution in [2.45, 2.75) is 24.3 Å². The van der Waals surface area contributed by atoms with Gasteiger partial charge >= 0.3 is 5.97 Å². The number of aryl methyl sites for hydroxylation is 1. The summed E-state index contributed by atoms with van der Waals surface area (Å²) in [5.41, 5.74) is 0.992. The normalized spacial score (nSPS) is 20.3. The molecule has 5 nitrogen and oxygen atoms in total. The van der Waals surface area contributed by atoms with E-state index in [2.05, 4.69) is 0 Å². The zero-order valence-corrected chi connectivity index (χ0v) is 13.7. The Morgan fingerprint density at radius 1 is 1.33 bits per heavy atom. The molecule has 0 aliphatic carbocycles. The van der Waals surface area contributed by atoms with Gasteiger partial charge in [0.25, 0.3) is 0 Å². The summed E-state index contributed by atoms with van der Waals surface area (Å²) >= 11 is 1.58. The van der Waals surface area contributed by atoms with Gasteiger partial charge in [0.1, 0.15) is 12.6 Å². The van der Waals surface area contributed by atoms with E-state index in [1.165, 1.54) is 4.31 Å². The SMILES string of the molecule is CSCC[C@H]1C(=O)OCCN1S(=O)(=O)c1ccc(C)cc1. The topological polar surface area (TPSA) is 63.7 Å². The van der Waals surface area contributed by atoms with Crippen LogP contribution in [0.1, 0.15) is 12.0 Å². The van der Waals surface area contributed by atoms with Crippen LogP contribution in [0.25, 0.3) is 0 Å². The summed E-state index contributed by atoms with van der Waals surface area (Å²) in [6.07, 6.45) is 2.39. The van der Waals surface area contributed by atoms with E-state index in [9.17, 15) is 13.2 Å². The first-order chi connectivity index (χ1) is 9.96. The van der Waals surface area contributed by atoms with Crippen LogP contribution in [0.15, 0.2) is 29.2 Å². The molecule has 1 aromatic carbocycles. The second-order valence-corrected chi connectivity index (χ2v) is 7.77. The Balaban J connectivity index is 2.31. The van der Waals surface area contributed by atoms with Gasteiger partial charge in [-0.15, -0.1) is 0 Å². The average Bonchev–Trinajstić information content (AvgIpc) is 2.46. The predicted molar refractivity (Wildman–Crippen MR) is 82.8 cm³/mol. The minimum Gasteiger partial charge on any atom is -0.463 e. The number of rotatable bonds is 5. The molecule has 0 aromatic heterocycles. The van der Waals surface area contributed by atoms with Gasteiger partial charge in [0.15, 0.2) is 0 Å². The van der Waals surface area contributed by atoms with Crippen molar-refractivity contribution < 1.29 is 17.9 Å². The van der Waals surface area contributed by atoms with Crippen molar-refractivity contribution in [3.8, 4) is 0 Å². The molecule has 1 aliphatic heterocycles. The van der Waals surface area contributed by atoms with E-state index in [-0.39, 0.29) is 18.0 Å². The maximum absolute atomic E-state index is 12.7. The number of thioether (sulfide) groups is 1. The lowest BCUT2D eigenvalue weighted by molar-refractivity contribution is -0.153. The van der Waals surface area contributed by atoms with Crippen molar-refractivity contribution in [3.63, 3.8) is 0 Å². The molecule has 0 bridgehead atoms. The van der Waals surface area contributed by atoms with E-state index in [1.807, 2.05) is 13.2 Å². The molecule has 1 saturated heterocycles. The Kier molecular flexibility index (Phi) is 5.29. The molecule has 0 N–H and O–H groups in total. The first kappa shape index (κ1) is 16.3. The molecule has 116 valence electrons. The highest BCUT2D eigenvalue weighted by Gasteiger charge is 2.39. The van der Waals surface area contributed by atoms with Crippen molar-refractivity contribution in [1.82, 2.24) is 4.31 Å². The van der Waals surface area contributed by atoms with Crippen molar-refractivity contribution in [1.29, 1.82) is 0 Å². The molecule has 1 aromatic rings. The fraction of sp³-hybridized carbons (Fsp3) is 0.500. The second-order valence-electron chi connectivity index (χ2n) is 4.89. The Morgan fingerprint density at radius 3 is 2.62 bits per heavy atom. The van der Waals surface area contributed by atoms with Crippen molar-refractivity contribution >= 4 is 27.8 Å². The van der Waals surface area contributed by atoms with Crippen molar-refractivity contribution in [3.05, 3.63) is 29.8 Å².